The summed E-state index contributed by atoms with van der Waals surface area (Å²) in [5.41, 5.74) is 11.1. The number of rotatable bonds is 2. The number of hydrogen-bond donors (Lipinski definition) is 4. The van der Waals surface area contributed by atoms with Crippen LogP contribution in [0.15, 0.2) is 0 Å². The molecule has 2 aliphatic carbocycles. The maximum atomic E-state index is 10.9. The third-order valence-corrected chi connectivity index (χ3v) is 3.83. The number of carbonyl (C=O) groups excluding carboxylic acids is 1. The van der Waals surface area contributed by atoms with E-state index in [1.165, 1.54) is 7.11 Å². The average Bonchev–Trinajstić information content (AvgIpc) is 3.17. The van der Waals surface area contributed by atoms with Crippen molar-refractivity contribution in [3.63, 3.8) is 0 Å². The molecule has 0 bridgehead atoms. The van der Waals surface area contributed by atoms with E-state index in [1.54, 1.807) is 0 Å². The molecule has 12 heteroatoms. The fourth-order valence-electron chi connectivity index (χ4n) is 2.64. The van der Waals surface area contributed by atoms with Gasteiger partial charge in [0.2, 0.25) is 9.23 Å². The molecular weight excluding hydrogens is 431 g/mol. The number of methoxy groups -OCH3 is 1. The van der Waals surface area contributed by atoms with E-state index in [1.807, 2.05) is 0 Å². The Labute approximate surface area is 171 Å². The number of ether oxygens (including phenoxy) is 1. The highest BCUT2D eigenvalue weighted by Crippen LogP contribution is 2.25. The Morgan fingerprint density at radius 3 is 1.54 bits per heavy atom. The Bertz CT molecular complexity index is 416. The second-order valence-corrected chi connectivity index (χ2v) is 8.11. The van der Waals surface area contributed by atoms with E-state index in [-0.39, 0.29) is 42.3 Å². The average molecular weight is 460 g/mol. The van der Waals surface area contributed by atoms with Crippen molar-refractivity contribution >= 4 is 54.9 Å². The molecular formula is C14H29Cl3N2O6S. The molecule has 0 aromatic heterocycles. The van der Waals surface area contributed by atoms with Crippen LogP contribution in [-0.4, -0.2) is 52.7 Å². The minimum Gasteiger partial charge on any atom is -0.481 e. The summed E-state index contributed by atoms with van der Waals surface area (Å²) in [7, 11) is 9.78. The minimum atomic E-state index is -1.67. The smallest absolute Gasteiger partial charge is 0.308 e. The van der Waals surface area contributed by atoms with Gasteiger partial charge in [0.25, 0.3) is 0 Å². The normalized spacial score (nSPS) is 26.0. The highest BCUT2D eigenvalue weighted by atomic mass is 36.0. The third kappa shape index (κ3) is 16.0. The molecule has 26 heavy (non-hydrogen) atoms. The van der Waals surface area contributed by atoms with E-state index in [0.717, 1.165) is 39.2 Å². The van der Waals surface area contributed by atoms with Crippen LogP contribution in [0, 0.1) is 11.8 Å². The predicted octanol–water partition coefficient (Wildman–Crippen LogP) is 1.56. The molecule has 0 aliphatic heterocycles. The number of carboxylic acids is 1. The van der Waals surface area contributed by atoms with Gasteiger partial charge in [0.1, 0.15) is 0 Å². The Morgan fingerprint density at radius 1 is 1.00 bits per heavy atom. The Morgan fingerprint density at radius 2 is 1.35 bits per heavy atom. The number of esters is 1. The molecule has 0 heterocycles. The fraction of sp³-hybridized carbons (Fsp3) is 0.857. The molecule has 0 unspecified atom stereocenters. The molecule has 0 amide bonds. The summed E-state index contributed by atoms with van der Waals surface area (Å²) in [5.74, 6) is -0.893. The summed E-state index contributed by atoms with van der Waals surface area (Å²) in [6.07, 6.45) is 4.95. The fourth-order valence-corrected chi connectivity index (χ4v) is 2.64. The number of nitrogens with two attached hydrogens (primary N) is 2. The number of aliphatic carboxylic acids is 1. The number of carboxylic acid groups (broad SMARTS) is 1. The van der Waals surface area contributed by atoms with E-state index in [4.69, 9.17) is 25.9 Å². The molecule has 2 rings (SSSR count). The lowest BCUT2D eigenvalue weighted by Gasteiger charge is -2.04. The van der Waals surface area contributed by atoms with Crippen LogP contribution in [0.4, 0.5) is 0 Å². The maximum Gasteiger partial charge on any atom is 0.308 e. The van der Waals surface area contributed by atoms with E-state index < -0.39 is 15.2 Å². The first kappa shape index (κ1) is 30.6. The largest absolute Gasteiger partial charge is 0.481 e. The number of aliphatic hydroxyl groups excluding tert-OH is 1. The number of aliphatic hydroxyl groups is 1. The third-order valence-electron chi connectivity index (χ3n) is 3.83. The molecule has 0 aromatic carbocycles. The number of halogens is 3. The van der Waals surface area contributed by atoms with Crippen molar-refractivity contribution in [3.8, 4) is 0 Å². The van der Waals surface area contributed by atoms with Crippen molar-refractivity contribution < 1.29 is 28.7 Å². The standard InChI is InChI=1S/C7H13NO2.C6H11NO2.CH4O.Cl2OS.ClH/c1-10-7(9)5-2-3-6(8)4-5;7-5-2-1-4(3-5)6(8)9;1-2;1-4(2)3;/h5-6H,2-4,8H2,1H3;4-5H,1-3,7H2,(H,8,9);2H,1H3;;1H/t5-,6+;4-,5+;;;/m00.../s1. The summed E-state index contributed by atoms with van der Waals surface area (Å²) in [6.45, 7) is 0. The molecule has 0 spiro atoms. The molecule has 6 N–H and O–H groups in total. The molecule has 0 saturated heterocycles. The van der Waals surface area contributed by atoms with Crippen molar-refractivity contribution in [2.45, 2.75) is 50.6 Å². The van der Waals surface area contributed by atoms with Gasteiger partial charge in [-0.05, 0) is 38.5 Å². The molecule has 2 saturated carbocycles. The van der Waals surface area contributed by atoms with Gasteiger partial charge in [-0.15, -0.1) is 12.4 Å². The SMILES string of the molecule is CO.COC(=O)[C@H]1CC[C@@H](N)C1.Cl.N[C@@H]1CC[C@H](C(=O)O)C1.O=S(Cl)Cl. The van der Waals surface area contributed by atoms with Crippen LogP contribution in [0.5, 0.6) is 0 Å². The second-order valence-electron chi connectivity index (χ2n) is 5.59. The molecule has 0 aromatic rings. The first-order valence-electron chi connectivity index (χ1n) is 7.68. The van der Waals surface area contributed by atoms with Gasteiger partial charge in [-0.3, -0.25) is 9.59 Å². The number of hydrogen-bond acceptors (Lipinski definition) is 7. The van der Waals surface area contributed by atoms with E-state index in [9.17, 15) is 9.59 Å². The van der Waals surface area contributed by atoms with Crippen LogP contribution in [-0.2, 0) is 23.6 Å². The predicted molar refractivity (Wildman–Crippen MR) is 106 cm³/mol. The van der Waals surface area contributed by atoms with Crippen LogP contribution >= 0.6 is 33.8 Å². The monoisotopic (exact) mass is 458 g/mol. The topological polar surface area (TPSA) is 153 Å². The van der Waals surface area contributed by atoms with Crippen molar-refractivity contribution in [2.24, 2.45) is 23.3 Å². The van der Waals surface area contributed by atoms with Gasteiger partial charge in [-0.25, -0.2) is 4.21 Å². The molecule has 158 valence electrons. The molecule has 2 aliphatic rings. The minimum absolute atomic E-state index is 0. The lowest BCUT2D eigenvalue weighted by atomic mass is 10.1. The second kappa shape index (κ2) is 18.2. The van der Waals surface area contributed by atoms with Gasteiger partial charge in [0.05, 0.1) is 18.9 Å². The molecule has 4 atom stereocenters. The van der Waals surface area contributed by atoms with Crippen LogP contribution in [0.1, 0.15) is 38.5 Å². The van der Waals surface area contributed by atoms with Gasteiger partial charge in [0.15, 0.2) is 0 Å². The summed E-state index contributed by atoms with van der Waals surface area (Å²) in [4.78, 5) is 21.2. The Kier molecular flexibility index (Phi) is 21.4. The van der Waals surface area contributed by atoms with E-state index in [0.29, 0.717) is 6.42 Å². The maximum absolute atomic E-state index is 10.9. The van der Waals surface area contributed by atoms with Crippen LogP contribution in [0.25, 0.3) is 0 Å². The van der Waals surface area contributed by atoms with Gasteiger partial charge in [-0.1, -0.05) is 0 Å². The quantitative estimate of drug-likeness (QED) is 0.358. The highest BCUT2D eigenvalue weighted by Gasteiger charge is 2.28. The zero-order valence-electron chi connectivity index (χ0n) is 14.8. The summed E-state index contributed by atoms with van der Waals surface area (Å²) < 4.78 is 13.7. The van der Waals surface area contributed by atoms with E-state index >= 15 is 0 Å². The first-order valence-corrected chi connectivity index (χ1v) is 10.5. The zero-order chi connectivity index (χ0) is 20.0. The molecule has 8 nitrogen and oxygen atoms in total. The van der Waals surface area contributed by atoms with Gasteiger partial charge >= 0.3 is 11.9 Å². The van der Waals surface area contributed by atoms with Crippen molar-refractivity contribution in [1.82, 2.24) is 0 Å². The lowest BCUT2D eigenvalue weighted by Crippen LogP contribution is -2.18. The van der Waals surface area contributed by atoms with Crippen molar-refractivity contribution in [1.29, 1.82) is 0 Å². The van der Waals surface area contributed by atoms with Crippen molar-refractivity contribution in [3.05, 3.63) is 0 Å². The van der Waals surface area contributed by atoms with Crippen molar-refractivity contribution in [2.75, 3.05) is 14.2 Å². The van der Waals surface area contributed by atoms with Crippen LogP contribution in [0.3, 0.4) is 0 Å². The lowest BCUT2D eigenvalue weighted by molar-refractivity contribution is -0.145. The molecule has 0 radical (unpaired) electrons. The number of carbonyl (C=O) groups is 2. The summed E-state index contributed by atoms with van der Waals surface area (Å²) in [5, 5.41) is 15.5. The van der Waals surface area contributed by atoms with Gasteiger partial charge in [0, 0.05) is 40.6 Å². The summed E-state index contributed by atoms with van der Waals surface area (Å²) in [6, 6.07) is 0.343. The highest BCUT2D eigenvalue weighted by molar-refractivity contribution is 8.26. The first-order chi connectivity index (χ1) is 11.7. The Balaban J connectivity index is -0.000000306. The summed E-state index contributed by atoms with van der Waals surface area (Å²) >= 11 is 0. The molecule has 2 fully saturated rings. The van der Waals surface area contributed by atoms with Crippen LogP contribution in [0.2, 0.25) is 0 Å². The zero-order valence-corrected chi connectivity index (χ0v) is 18.0. The van der Waals surface area contributed by atoms with Gasteiger partial charge in [-0.2, -0.15) is 0 Å². The van der Waals surface area contributed by atoms with E-state index in [2.05, 4.69) is 26.1 Å². The van der Waals surface area contributed by atoms with Gasteiger partial charge < -0.3 is 26.4 Å². The Hall–Kier alpha value is -0.160. The van der Waals surface area contributed by atoms with Crippen LogP contribution < -0.4 is 11.5 Å².